The van der Waals surface area contributed by atoms with Crippen molar-refractivity contribution < 1.29 is 14.3 Å². The third-order valence-electron chi connectivity index (χ3n) is 4.00. The quantitative estimate of drug-likeness (QED) is 0.505. The van der Waals surface area contributed by atoms with Gasteiger partial charge in [-0.15, -0.1) is 22.9 Å². The molecule has 1 N–H and O–H groups in total. The molecule has 2 aromatic heterocycles. The first-order valence-electron chi connectivity index (χ1n) is 8.57. The first kappa shape index (κ1) is 20.0. The molecule has 0 fully saturated rings. The minimum atomic E-state index is -0.775. The second-order valence-electron chi connectivity index (χ2n) is 6.08. The molecule has 7 nitrogen and oxygen atoms in total. The molecule has 28 heavy (non-hydrogen) atoms. The van der Waals surface area contributed by atoms with Crippen LogP contribution in [0.25, 0.3) is 16.5 Å². The maximum Gasteiger partial charge on any atom is 0.359 e. The summed E-state index contributed by atoms with van der Waals surface area (Å²) in [6.45, 7) is 5.31. The third kappa shape index (κ3) is 3.79. The topological polar surface area (TPSA) is 90.3 Å². The van der Waals surface area contributed by atoms with Gasteiger partial charge < -0.3 is 10.1 Å². The number of halogens is 1. The Morgan fingerprint density at radius 3 is 2.61 bits per heavy atom. The summed E-state index contributed by atoms with van der Waals surface area (Å²) >= 11 is 6.95. The Labute approximate surface area is 169 Å². The fourth-order valence-electron chi connectivity index (χ4n) is 2.56. The molecule has 0 saturated carbocycles. The van der Waals surface area contributed by atoms with Crippen molar-refractivity contribution in [2.75, 3.05) is 11.9 Å². The van der Waals surface area contributed by atoms with Crippen LogP contribution in [0.3, 0.4) is 0 Å². The summed E-state index contributed by atoms with van der Waals surface area (Å²) < 4.78 is 6.23. The van der Waals surface area contributed by atoms with Gasteiger partial charge in [-0.25, -0.2) is 4.79 Å². The highest BCUT2D eigenvalue weighted by molar-refractivity contribution is 7.16. The summed E-state index contributed by atoms with van der Waals surface area (Å²) in [6, 6.07) is 7.14. The van der Waals surface area contributed by atoms with Crippen LogP contribution < -0.4 is 10.9 Å². The zero-order chi connectivity index (χ0) is 20.4. The fourth-order valence-corrected chi connectivity index (χ4v) is 3.56. The molecule has 146 valence electrons. The molecule has 0 radical (unpaired) electrons. The number of carbonyl (C=O) groups is 2. The molecular formula is C19H18ClN3O4S. The van der Waals surface area contributed by atoms with E-state index in [0.717, 1.165) is 21.6 Å². The summed E-state index contributed by atoms with van der Waals surface area (Å²) in [5.74, 6) is -1.09. The summed E-state index contributed by atoms with van der Waals surface area (Å²) in [5, 5.41) is 8.54. The monoisotopic (exact) mass is 419 g/mol. The molecule has 1 amide bonds. The van der Waals surface area contributed by atoms with Crippen molar-refractivity contribution in [2.24, 2.45) is 0 Å². The number of ether oxygens (including phenoxy) is 1. The van der Waals surface area contributed by atoms with Gasteiger partial charge in [0, 0.05) is 10.8 Å². The SMILES string of the molecule is CCOC(=O)c1nn(-c2ccc(C)cc2)c(=O)c2c(NC(=O)C(C)Cl)scc12. The van der Waals surface area contributed by atoms with Crippen molar-refractivity contribution in [2.45, 2.75) is 26.1 Å². The second kappa shape index (κ2) is 8.12. The highest BCUT2D eigenvalue weighted by Gasteiger charge is 2.23. The maximum atomic E-state index is 13.2. The molecule has 1 aromatic carbocycles. The molecular weight excluding hydrogens is 402 g/mol. The molecule has 3 aromatic rings. The number of thiophene rings is 1. The average molecular weight is 420 g/mol. The number of benzene rings is 1. The molecule has 1 atom stereocenters. The highest BCUT2D eigenvalue weighted by atomic mass is 35.5. The van der Waals surface area contributed by atoms with Gasteiger partial charge in [0.15, 0.2) is 5.69 Å². The van der Waals surface area contributed by atoms with E-state index < -0.39 is 22.8 Å². The Kier molecular flexibility index (Phi) is 5.81. The van der Waals surface area contributed by atoms with E-state index in [1.54, 1.807) is 24.4 Å². The smallest absolute Gasteiger partial charge is 0.359 e. The van der Waals surface area contributed by atoms with Gasteiger partial charge in [0.05, 0.1) is 17.7 Å². The zero-order valence-electron chi connectivity index (χ0n) is 15.5. The molecule has 0 aliphatic carbocycles. The number of anilines is 1. The van der Waals surface area contributed by atoms with E-state index in [0.29, 0.717) is 16.1 Å². The Morgan fingerprint density at radius 2 is 2.00 bits per heavy atom. The van der Waals surface area contributed by atoms with Crippen LogP contribution in [0.15, 0.2) is 34.4 Å². The molecule has 0 aliphatic heterocycles. The lowest BCUT2D eigenvalue weighted by molar-refractivity contribution is -0.115. The van der Waals surface area contributed by atoms with Gasteiger partial charge in [-0.2, -0.15) is 9.78 Å². The van der Waals surface area contributed by atoms with Crippen molar-refractivity contribution in [3.63, 3.8) is 0 Å². The van der Waals surface area contributed by atoms with Crippen molar-refractivity contribution in [3.8, 4) is 5.69 Å². The minimum absolute atomic E-state index is 0.00713. The van der Waals surface area contributed by atoms with Gasteiger partial charge in [-0.1, -0.05) is 17.7 Å². The van der Waals surface area contributed by atoms with Crippen LogP contribution in [0.1, 0.15) is 29.9 Å². The van der Waals surface area contributed by atoms with E-state index in [2.05, 4.69) is 10.4 Å². The Bertz CT molecular complexity index is 1100. The number of aryl methyl sites for hydroxylation is 1. The van der Waals surface area contributed by atoms with E-state index in [1.165, 1.54) is 6.92 Å². The summed E-state index contributed by atoms with van der Waals surface area (Å²) in [6.07, 6.45) is 0. The standard InChI is InChI=1S/C19H18ClN3O4S/c1-4-27-19(26)15-13-9-28-17(21-16(24)11(3)20)14(13)18(25)23(22-15)12-7-5-10(2)6-8-12/h5-9,11H,4H2,1-3H3,(H,21,24). The van der Waals surface area contributed by atoms with Crippen molar-refractivity contribution >= 4 is 50.6 Å². The van der Waals surface area contributed by atoms with Gasteiger partial charge in [-0.05, 0) is 32.9 Å². The number of amides is 1. The number of hydrogen-bond acceptors (Lipinski definition) is 6. The van der Waals surface area contributed by atoms with E-state index >= 15 is 0 Å². The zero-order valence-corrected chi connectivity index (χ0v) is 17.1. The number of esters is 1. The predicted octanol–water partition coefficient (Wildman–Crippen LogP) is 3.50. The van der Waals surface area contributed by atoms with E-state index in [1.807, 2.05) is 19.1 Å². The van der Waals surface area contributed by atoms with Crippen LogP contribution in [0.2, 0.25) is 0 Å². The molecule has 9 heteroatoms. The average Bonchev–Trinajstić information content (AvgIpc) is 3.07. The number of carbonyl (C=O) groups excluding carboxylic acids is 2. The third-order valence-corrected chi connectivity index (χ3v) is 5.09. The minimum Gasteiger partial charge on any atom is -0.461 e. The number of rotatable bonds is 5. The van der Waals surface area contributed by atoms with Crippen molar-refractivity contribution in [3.05, 3.63) is 51.3 Å². The molecule has 0 saturated heterocycles. The van der Waals surface area contributed by atoms with Gasteiger partial charge in [-0.3, -0.25) is 9.59 Å². The van der Waals surface area contributed by atoms with E-state index in [9.17, 15) is 14.4 Å². The first-order valence-corrected chi connectivity index (χ1v) is 9.88. The lowest BCUT2D eigenvalue weighted by Crippen LogP contribution is -2.26. The lowest BCUT2D eigenvalue weighted by Gasteiger charge is -2.10. The molecule has 0 bridgehead atoms. The van der Waals surface area contributed by atoms with Crippen molar-refractivity contribution in [1.29, 1.82) is 0 Å². The molecule has 3 rings (SSSR count). The Hall–Kier alpha value is -2.71. The second-order valence-corrected chi connectivity index (χ2v) is 7.61. The summed E-state index contributed by atoms with van der Waals surface area (Å²) in [4.78, 5) is 37.6. The number of nitrogens with zero attached hydrogens (tertiary/aromatic N) is 2. The van der Waals surface area contributed by atoms with E-state index in [-0.39, 0.29) is 17.7 Å². The number of nitrogens with one attached hydrogen (secondary N) is 1. The van der Waals surface area contributed by atoms with Crippen LogP contribution in [0.5, 0.6) is 0 Å². The van der Waals surface area contributed by atoms with Crippen LogP contribution in [0, 0.1) is 6.92 Å². The van der Waals surface area contributed by atoms with Gasteiger partial charge in [0.2, 0.25) is 5.91 Å². The number of hydrogen-bond donors (Lipinski definition) is 1. The summed E-state index contributed by atoms with van der Waals surface area (Å²) in [5.41, 5.74) is 1.07. The van der Waals surface area contributed by atoms with Crippen LogP contribution in [-0.2, 0) is 9.53 Å². The van der Waals surface area contributed by atoms with Crippen molar-refractivity contribution in [1.82, 2.24) is 9.78 Å². The van der Waals surface area contributed by atoms with Crippen LogP contribution in [-0.4, -0.2) is 33.6 Å². The van der Waals surface area contributed by atoms with Crippen LogP contribution >= 0.6 is 22.9 Å². The van der Waals surface area contributed by atoms with Gasteiger partial charge >= 0.3 is 5.97 Å². The molecule has 0 spiro atoms. The summed E-state index contributed by atoms with van der Waals surface area (Å²) in [7, 11) is 0. The van der Waals surface area contributed by atoms with E-state index in [4.69, 9.17) is 16.3 Å². The lowest BCUT2D eigenvalue weighted by atomic mass is 10.2. The van der Waals surface area contributed by atoms with Crippen LogP contribution in [0.4, 0.5) is 5.00 Å². The fraction of sp³-hybridized carbons (Fsp3) is 0.263. The molecule has 2 heterocycles. The molecule has 1 unspecified atom stereocenters. The van der Waals surface area contributed by atoms with Gasteiger partial charge in [0.1, 0.15) is 10.4 Å². The Morgan fingerprint density at radius 1 is 1.32 bits per heavy atom. The predicted molar refractivity (Wildman–Crippen MR) is 110 cm³/mol. The number of alkyl halides is 1. The highest BCUT2D eigenvalue weighted by Crippen LogP contribution is 2.31. The maximum absolute atomic E-state index is 13.2. The number of fused-ring (bicyclic) bond motifs is 1. The largest absolute Gasteiger partial charge is 0.461 e. The normalized spacial score (nSPS) is 12.0. The first-order chi connectivity index (χ1) is 13.3. The number of aromatic nitrogens is 2. The van der Waals surface area contributed by atoms with Gasteiger partial charge in [0.25, 0.3) is 5.56 Å². The molecule has 0 aliphatic rings. The Balaban J connectivity index is 2.27.